The first-order chi connectivity index (χ1) is 10.7. The van der Waals surface area contributed by atoms with E-state index in [2.05, 4.69) is 25.6 Å². The van der Waals surface area contributed by atoms with Crippen molar-refractivity contribution in [1.29, 1.82) is 0 Å². The summed E-state index contributed by atoms with van der Waals surface area (Å²) < 4.78 is 7.53. The van der Waals surface area contributed by atoms with Crippen LogP contribution in [0.1, 0.15) is 11.4 Å². The normalized spacial score (nSPS) is 9.86. The summed E-state index contributed by atoms with van der Waals surface area (Å²) in [6.45, 7) is 3.98. The van der Waals surface area contributed by atoms with Crippen LogP contribution in [-0.2, 0) is 18.8 Å². The molecule has 0 unspecified atom stereocenters. The summed E-state index contributed by atoms with van der Waals surface area (Å²) in [5, 5.41) is 4.44. The number of hydrogen-bond donors (Lipinski definition) is 0. The van der Waals surface area contributed by atoms with Crippen LogP contribution < -0.4 is 4.74 Å². The Morgan fingerprint density at radius 3 is 2.59 bits per heavy atom. The fraction of sp³-hybridized carbons (Fsp3) is 0.125. The molecular formula is C16H14ClN3OPt. The molecule has 3 rings (SSSR count). The third-order valence-corrected chi connectivity index (χ3v) is 2.84. The topological polar surface area (TPSA) is 39.9 Å². The number of hydrogen-bond acceptors (Lipinski definition) is 3. The second-order valence-electron chi connectivity index (χ2n) is 4.51. The summed E-state index contributed by atoms with van der Waals surface area (Å²) in [5.41, 5.74) is 2.89. The Morgan fingerprint density at radius 2 is 1.95 bits per heavy atom. The Kier molecular flexibility index (Phi) is 6.17. The molecule has 4 nitrogen and oxygen atoms in total. The number of benzene rings is 1. The number of ether oxygens (including phenoxy) is 1. The van der Waals surface area contributed by atoms with Crippen molar-refractivity contribution in [3.63, 3.8) is 0 Å². The number of aromatic nitrogens is 3. The van der Waals surface area contributed by atoms with Crippen molar-refractivity contribution in [2.45, 2.75) is 13.8 Å². The van der Waals surface area contributed by atoms with Crippen molar-refractivity contribution in [3.05, 3.63) is 66.1 Å². The molecule has 0 N–H and O–H groups in total. The van der Waals surface area contributed by atoms with Crippen LogP contribution in [0.5, 0.6) is 11.6 Å². The van der Waals surface area contributed by atoms with Crippen LogP contribution in [-0.4, -0.2) is 14.8 Å². The second kappa shape index (κ2) is 8.11. The Hall–Kier alpha value is -1.64. The Balaban J connectivity index is 0.000000847. The number of aryl methyl sites for hydroxylation is 2. The summed E-state index contributed by atoms with van der Waals surface area (Å²) >= 11 is 1.61. The first kappa shape index (κ1) is 16.7. The van der Waals surface area contributed by atoms with E-state index in [0.29, 0.717) is 11.6 Å². The SMILES string of the molecule is Cc1cc(C)n(-c2[c-]c(Oc3ccccn3)ccc2)n1.[Cl][Pt+]. The molecule has 0 amide bonds. The van der Waals surface area contributed by atoms with Crippen LogP contribution in [0.4, 0.5) is 0 Å². The van der Waals surface area contributed by atoms with E-state index in [4.69, 9.17) is 4.74 Å². The molecule has 2 aromatic heterocycles. The van der Waals surface area contributed by atoms with E-state index in [0.717, 1.165) is 17.1 Å². The quantitative estimate of drug-likeness (QED) is 0.513. The fourth-order valence-electron chi connectivity index (χ4n) is 2.01. The molecule has 0 saturated heterocycles. The minimum absolute atomic E-state index is 0.550. The van der Waals surface area contributed by atoms with E-state index in [1.165, 1.54) is 0 Å². The van der Waals surface area contributed by atoms with Gasteiger partial charge in [0.1, 0.15) is 0 Å². The Labute approximate surface area is 144 Å². The number of pyridine rings is 1. The van der Waals surface area contributed by atoms with Gasteiger partial charge in [-0.05, 0) is 31.7 Å². The first-order valence-corrected chi connectivity index (χ1v) is 9.31. The fourth-order valence-corrected chi connectivity index (χ4v) is 2.01. The zero-order chi connectivity index (χ0) is 15.9. The van der Waals surface area contributed by atoms with Crippen LogP contribution >= 0.6 is 9.42 Å². The molecular weight excluding hydrogens is 481 g/mol. The average Bonchev–Trinajstić information content (AvgIpc) is 2.89. The van der Waals surface area contributed by atoms with Gasteiger partial charge in [0.15, 0.2) is 0 Å². The van der Waals surface area contributed by atoms with E-state index in [9.17, 15) is 0 Å². The molecule has 0 aliphatic heterocycles. The monoisotopic (exact) mass is 494 g/mol. The standard InChI is InChI=1S/C16H14N3O.ClH.Pt/c1-12-10-13(2)19(18-12)14-6-5-7-15(11-14)20-16-8-3-4-9-17-16;;/h3-10H,1-2H3;1H;/q-1;;+2/p-1. The summed E-state index contributed by atoms with van der Waals surface area (Å²) in [5.74, 6) is 1.17. The molecule has 3 aromatic rings. The van der Waals surface area contributed by atoms with Crippen LogP contribution in [0.15, 0.2) is 48.7 Å². The molecule has 0 fully saturated rings. The molecule has 0 atom stereocenters. The molecule has 2 heterocycles. The molecule has 1 aromatic carbocycles. The predicted molar refractivity (Wildman–Crippen MR) is 82.0 cm³/mol. The zero-order valence-corrected chi connectivity index (χ0v) is 15.1. The molecule has 116 valence electrons. The van der Waals surface area contributed by atoms with Crippen molar-refractivity contribution in [3.8, 4) is 17.3 Å². The van der Waals surface area contributed by atoms with Gasteiger partial charge in [0, 0.05) is 23.7 Å². The summed E-state index contributed by atoms with van der Waals surface area (Å²) in [6, 6.07) is 16.5. The van der Waals surface area contributed by atoms with Gasteiger partial charge in [0.25, 0.3) is 0 Å². The third-order valence-electron chi connectivity index (χ3n) is 2.84. The van der Waals surface area contributed by atoms with Gasteiger partial charge in [-0.15, -0.1) is 18.2 Å². The van der Waals surface area contributed by atoms with Gasteiger partial charge in [-0.3, -0.25) is 4.68 Å². The van der Waals surface area contributed by atoms with E-state index in [-0.39, 0.29) is 0 Å². The molecule has 6 heteroatoms. The first-order valence-electron chi connectivity index (χ1n) is 6.49. The molecule has 0 aliphatic carbocycles. The van der Waals surface area contributed by atoms with E-state index < -0.39 is 0 Å². The van der Waals surface area contributed by atoms with Gasteiger partial charge in [-0.25, -0.2) is 4.98 Å². The van der Waals surface area contributed by atoms with Crippen molar-refractivity contribution in [1.82, 2.24) is 14.8 Å². The summed E-state index contributed by atoms with van der Waals surface area (Å²) in [7, 11) is 4.61. The van der Waals surface area contributed by atoms with Gasteiger partial charge >= 0.3 is 28.2 Å². The van der Waals surface area contributed by atoms with Crippen LogP contribution in [0.2, 0.25) is 0 Å². The second-order valence-corrected chi connectivity index (χ2v) is 4.51. The number of nitrogens with zero attached hydrogens (tertiary/aromatic N) is 3. The van der Waals surface area contributed by atoms with Crippen LogP contribution in [0.3, 0.4) is 0 Å². The van der Waals surface area contributed by atoms with Crippen molar-refractivity contribution >= 4 is 9.42 Å². The van der Waals surface area contributed by atoms with E-state index in [1.54, 1.807) is 25.0 Å². The zero-order valence-electron chi connectivity index (χ0n) is 12.1. The van der Waals surface area contributed by atoms with Gasteiger partial charge in [-0.1, -0.05) is 6.07 Å². The Bertz CT molecular complexity index is 731. The third kappa shape index (κ3) is 4.18. The minimum atomic E-state index is 0.550. The number of rotatable bonds is 3. The van der Waals surface area contributed by atoms with Crippen LogP contribution in [0.25, 0.3) is 5.69 Å². The predicted octanol–water partition coefficient (Wildman–Crippen LogP) is 4.16. The van der Waals surface area contributed by atoms with Crippen molar-refractivity contribution in [2.24, 2.45) is 0 Å². The molecule has 0 bridgehead atoms. The number of halogens is 1. The van der Waals surface area contributed by atoms with Gasteiger partial charge in [-0.2, -0.15) is 11.2 Å². The Morgan fingerprint density at radius 1 is 1.14 bits per heavy atom. The van der Waals surface area contributed by atoms with Crippen molar-refractivity contribution in [2.75, 3.05) is 0 Å². The maximum atomic E-state index is 5.68. The van der Waals surface area contributed by atoms with Gasteiger partial charge < -0.3 is 4.74 Å². The summed E-state index contributed by atoms with van der Waals surface area (Å²) in [4.78, 5) is 4.13. The van der Waals surface area contributed by atoms with Crippen molar-refractivity contribution < 1.29 is 23.5 Å². The molecule has 0 aliphatic rings. The van der Waals surface area contributed by atoms with Gasteiger partial charge in [0.2, 0.25) is 5.88 Å². The average molecular weight is 495 g/mol. The van der Waals surface area contributed by atoms with E-state index >= 15 is 0 Å². The molecule has 22 heavy (non-hydrogen) atoms. The van der Waals surface area contributed by atoms with Gasteiger partial charge in [0.05, 0.1) is 5.69 Å². The van der Waals surface area contributed by atoms with Crippen LogP contribution in [0, 0.1) is 19.9 Å². The summed E-state index contributed by atoms with van der Waals surface area (Å²) in [6.07, 6.45) is 1.69. The maximum absolute atomic E-state index is 5.68. The molecule has 0 radical (unpaired) electrons. The van der Waals surface area contributed by atoms with E-state index in [1.807, 2.05) is 61.0 Å². The molecule has 0 spiro atoms. The molecule has 0 saturated carbocycles.